The van der Waals surface area contributed by atoms with Gasteiger partial charge in [-0.25, -0.2) is 4.98 Å². The zero-order valence-electron chi connectivity index (χ0n) is 8.38. The van der Waals surface area contributed by atoms with Gasteiger partial charge in [0.15, 0.2) is 0 Å². The van der Waals surface area contributed by atoms with Gasteiger partial charge in [-0.05, 0) is 13.8 Å². The minimum Gasteiger partial charge on any atom is -0.333 e. The fraction of sp³-hybridized carbons (Fsp3) is 0.500. The van der Waals surface area contributed by atoms with E-state index in [9.17, 15) is 0 Å². The molecule has 3 nitrogen and oxygen atoms in total. The van der Waals surface area contributed by atoms with E-state index in [1.54, 1.807) is 0 Å². The van der Waals surface area contributed by atoms with E-state index in [0.717, 1.165) is 25.3 Å². The molecule has 1 aromatic heterocycles. The first-order valence-electron chi connectivity index (χ1n) is 4.55. The van der Waals surface area contributed by atoms with Crippen molar-refractivity contribution in [3.63, 3.8) is 0 Å². The van der Waals surface area contributed by atoms with Crippen molar-refractivity contribution in [2.45, 2.75) is 20.4 Å². The normalized spacial score (nSPS) is 10.3. The molecule has 72 valence electrons. The first kappa shape index (κ1) is 9.99. The predicted octanol–water partition coefficient (Wildman–Crippen LogP) is 1.28. The summed E-state index contributed by atoms with van der Waals surface area (Å²) in [5, 5.41) is 3.25. The Balaban J connectivity index is 2.36. The van der Waals surface area contributed by atoms with Gasteiger partial charge >= 0.3 is 0 Å². The molecule has 0 radical (unpaired) electrons. The summed E-state index contributed by atoms with van der Waals surface area (Å²) >= 11 is 0. The van der Waals surface area contributed by atoms with Crippen LogP contribution in [0, 0.1) is 13.8 Å². The number of nitrogens with zero attached hydrogens (tertiary/aromatic N) is 2. The number of aromatic nitrogens is 2. The molecule has 0 amide bonds. The Morgan fingerprint density at radius 1 is 1.62 bits per heavy atom. The summed E-state index contributed by atoms with van der Waals surface area (Å²) in [7, 11) is 0. The highest BCUT2D eigenvalue weighted by Crippen LogP contribution is 2.02. The number of hydrogen-bond donors (Lipinski definition) is 1. The van der Waals surface area contributed by atoms with E-state index in [1.165, 1.54) is 5.69 Å². The van der Waals surface area contributed by atoms with Gasteiger partial charge in [0.25, 0.3) is 0 Å². The summed E-state index contributed by atoms with van der Waals surface area (Å²) in [5.41, 5.74) is 2.36. The Morgan fingerprint density at radius 3 is 2.92 bits per heavy atom. The molecule has 3 heteroatoms. The molecule has 0 spiro atoms. The number of rotatable bonds is 5. The highest BCUT2D eigenvalue weighted by Gasteiger charge is 1.99. The van der Waals surface area contributed by atoms with Crippen LogP contribution in [0.4, 0.5) is 0 Å². The van der Waals surface area contributed by atoms with Crippen molar-refractivity contribution < 1.29 is 0 Å². The van der Waals surface area contributed by atoms with Crippen LogP contribution >= 0.6 is 0 Å². The molecule has 1 N–H and O–H groups in total. The molecular weight excluding hydrogens is 162 g/mol. The van der Waals surface area contributed by atoms with Crippen LogP contribution in [-0.2, 0) is 6.54 Å². The maximum atomic E-state index is 4.23. The average Bonchev–Trinajstić information content (AvgIpc) is 2.43. The highest BCUT2D eigenvalue weighted by atomic mass is 15.1. The third-order valence-corrected chi connectivity index (χ3v) is 2.16. The SMILES string of the molecule is C=CCNCCn1cnc(C)c1C. The molecule has 1 rings (SSSR count). The van der Waals surface area contributed by atoms with Gasteiger partial charge in [0.05, 0.1) is 12.0 Å². The van der Waals surface area contributed by atoms with E-state index < -0.39 is 0 Å². The van der Waals surface area contributed by atoms with Crippen molar-refractivity contribution >= 4 is 0 Å². The molecule has 0 aliphatic carbocycles. The van der Waals surface area contributed by atoms with Crippen LogP contribution in [0.15, 0.2) is 19.0 Å². The number of nitrogens with one attached hydrogen (secondary N) is 1. The van der Waals surface area contributed by atoms with Gasteiger partial charge in [-0.1, -0.05) is 6.08 Å². The third-order valence-electron chi connectivity index (χ3n) is 2.16. The molecule has 0 atom stereocenters. The summed E-state index contributed by atoms with van der Waals surface area (Å²) in [4.78, 5) is 4.23. The van der Waals surface area contributed by atoms with Crippen LogP contribution in [-0.4, -0.2) is 22.6 Å². The molecule has 1 aromatic rings. The third kappa shape index (κ3) is 2.70. The smallest absolute Gasteiger partial charge is 0.0951 e. The van der Waals surface area contributed by atoms with Crippen molar-refractivity contribution in [3.05, 3.63) is 30.4 Å². The van der Waals surface area contributed by atoms with E-state index in [-0.39, 0.29) is 0 Å². The molecule has 0 aliphatic heterocycles. The van der Waals surface area contributed by atoms with Gasteiger partial charge in [0.2, 0.25) is 0 Å². The van der Waals surface area contributed by atoms with Crippen LogP contribution in [0.1, 0.15) is 11.4 Å². The fourth-order valence-corrected chi connectivity index (χ4v) is 1.17. The topological polar surface area (TPSA) is 29.9 Å². The Bertz CT molecular complexity index is 276. The molecular formula is C10H17N3. The van der Waals surface area contributed by atoms with Gasteiger partial charge in [-0.3, -0.25) is 0 Å². The van der Waals surface area contributed by atoms with Gasteiger partial charge in [0, 0.05) is 25.3 Å². The van der Waals surface area contributed by atoms with E-state index in [0.29, 0.717) is 0 Å². The molecule has 0 fully saturated rings. The summed E-state index contributed by atoms with van der Waals surface area (Å²) in [5.74, 6) is 0. The molecule has 0 saturated heterocycles. The maximum Gasteiger partial charge on any atom is 0.0951 e. The standard InChI is InChI=1S/C10H17N3/c1-4-5-11-6-7-13-8-12-9(2)10(13)3/h4,8,11H,1,5-7H2,2-3H3. The molecule has 1 heterocycles. The molecule has 0 unspecified atom stereocenters. The van der Waals surface area contributed by atoms with Crippen LogP contribution in [0.5, 0.6) is 0 Å². The Morgan fingerprint density at radius 2 is 2.38 bits per heavy atom. The lowest BCUT2D eigenvalue weighted by Gasteiger charge is -2.05. The number of aryl methyl sites for hydroxylation is 1. The summed E-state index contributed by atoms with van der Waals surface area (Å²) in [6.07, 6.45) is 3.76. The van der Waals surface area contributed by atoms with E-state index in [2.05, 4.69) is 28.4 Å². The Hall–Kier alpha value is -1.09. The summed E-state index contributed by atoms with van der Waals surface area (Å²) in [6.45, 7) is 10.6. The average molecular weight is 179 g/mol. The first-order chi connectivity index (χ1) is 6.25. The molecule has 13 heavy (non-hydrogen) atoms. The molecule has 0 bridgehead atoms. The van der Waals surface area contributed by atoms with Crippen LogP contribution in [0.3, 0.4) is 0 Å². The van der Waals surface area contributed by atoms with Gasteiger partial charge in [0.1, 0.15) is 0 Å². The predicted molar refractivity (Wildman–Crippen MR) is 54.8 cm³/mol. The van der Waals surface area contributed by atoms with Gasteiger partial charge in [-0.2, -0.15) is 0 Å². The lowest BCUT2D eigenvalue weighted by Crippen LogP contribution is -2.19. The highest BCUT2D eigenvalue weighted by molar-refractivity contribution is 5.08. The van der Waals surface area contributed by atoms with Crippen molar-refractivity contribution in [2.75, 3.05) is 13.1 Å². The van der Waals surface area contributed by atoms with Gasteiger partial charge < -0.3 is 9.88 Å². The second kappa shape index (κ2) is 4.82. The second-order valence-electron chi connectivity index (χ2n) is 3.10. The quantitative estimate of drug-likeness (QED) is 0.545. The summed E-state index contributed by atoms with van der Waals surface area (Å²) < 4.78 is 2.16. The van der Waals surface area contributed by atoms with E-state index in [4.69, 9.17) is 0 Å². The van der Waals surface area contributed by atoms with Crippen molar-refractivity contribution in [1.29, 1.82) is 0 Å². The molecule has 0 aromatic carbocycles. The van der Waals surface area contributed by atoms with Gasteiger partial charge in [-0.15, -0.1) is 6.58 Å². The van der Waals surface area contributed by atoms with E-state index in [1.807, 2.05) is 19.3 Å². The van der Waals surface area contributed by atoms with Crippen molar-refractivity contribution in [2.24, 2.45) is 0 Å². The van der Waals surface area contributed by atoms with Crippen LogP contribution in [0.25, 0.3) is 0 Å². The first-order valence-corrected chi connectivity index (χ1v) is 4.55. The zero-order valence-corrected chi connectivity index (χ0v) is 8.38. The Labute approximate surface area is 79.5 Å². The van der Waals surface area contributed by atoms with Crippen molar-refractivity contribution in [1.82, 2.24) is 14.9 Å². The minimum atomic E-state index is 0.868. The molecule has 0 saturated carbocycles. The lowest BCUT2D eigenvalue weighted by atomic mass is 10.4. The summed E-state index contributed by atoms with van der Waals surface area (Å²) in [6, 6.07) is 0. The minimum absolute atomic E-state index is 0.868. The largest absolute Gasteiger partial charge is 0.333 e. The van der Waals surface area contributed by atoms with E-state index >= 15 is 0 Å². The van der Waals surface area contributed by atoms with Crippen LogP contribution in [0.2, 0.25) is 0 Å². The van der Waals surface area contributed by atoms with Crippen molar-refractivity contribution in [3.8, 4) is 0 Å². The maximum absolute atomic E-state index is 4.23. The monoisotopic (exact) mass is 179 g/mol. The number of imidazole rings is 1. The zero-order chi connectivity index (χ0) is 9.68. The number of hydrogen-bond acceptors (Lipinski definition) is 2. The second-order valence-corrected chi connectivity index (χ2v) is 3.10. The fourth-order valence-electron chi connectivity index (χ4n) is 1.17. The Kier molecular flexibility index (Phi) is 3.71. The molecule has 0 aliphatic rings. The lowest BCUT2D eigenvalue weighted by molar-refractivity contribution is 0.614. The van der Waals surface area contributed by atoms with Crippen LogP contribution < -0.4 is 5.32 Å².